The van der Waals surface area contributed by atoms with Gasteiger partial charge in [-0.2, -0.15) is 13.2 Å². The van der Waals surface area contributed by atoms with Crippen molar-refractivity contribution in [2.24, 2.45) is 0 Å². The van der Waals surface area contributed by atoms with Crippen molar-refractivity contribution in [1.29, 1.82) is 0 Å². The highest BCUT2D eigenvalue weighted by atomic mass is 32.2. The molecule has 3 aromatic carbocycles. The fraction of sp³-hybridized carbons (Fsp3) is 0.214. The maximum absolute atomic E-state index is 12.7. The van der Waals surface area contributed by atoms with Crippen LogP contribution in [0.1, 0.15) is 33.5 Å². The maximum Gasteiger partial charge on any atom is 0.490 e. The highest BCUT2D eigenvalue weighted by Crippen LogP contribution is 2.31. The average Bonchev–Trinajstić information content (AvgIpc) is 2.89. The summed E-state index contributed by atoms with van der Waals surface area (Å²) in [6, 6.07) is 19.4. The summed E-state index contributed by atoms with van der Waals surface area (Å²) in [5.74, 6) is -3.86. The van der Waals surface area contributed by atoms with Crippen molar-refractivity contribution in [2.45, 2.75) is 31.3 Å². The lowest BCUT2D eigenvalue weighted by Crippen LogP contribution is -2.30. The lowest BCUT2D eigenvalue weighted by atomic mass is 9.95. The molecule has 0 amide bonds. The highest BCUT2D eigenvalue weighted by molar-refractivity contribution is 7.92. The molecule has 1 aliphatic rings. The third-order valence-corrected chi connectivity index (χ3v) is 7.49. The number of carbonyl (C=O) groups is 2. The molecule has 0 aliphatic carbocycles. The van der Waals surface area contributed by atoms with E-state index in [4.69, 9.17) is 9.90 Å². The summed E-state index contributed by atoms with van der Waals surface area (Å²) in [6.45, 7) is 5.22. The molecule has 1 heterocycles. The number of aliphatic carboxylic acids is 1. The molecule has 0 saturated carbocycles. The molecule has 0 unspecified atom stereocenters. The molecule has 0 bridgehead atoms. The molecule has 4 rings (SSSR count). The van der Waals surface area contributed by atoms with E-state index >= 15 is 0 Å². The summed E-state index contributed by atoms with van der Waals surface area (Å²) in [6.07, 6.45) is -2.16. The van der Waals surface area contributed by atoms with Gasteiger partial charge >= 0.3 is 18.1 Å². The first-order valence-electron chi connectivity index (χ1n) is 12.0. The van der Waals surface area contributed by atoms with Gasteiger partial charge in [0, 0.05) is 18.8 Å². The van der Waals surface area contributed by atoms with Gasteiger partial charge in [0.15, 0.2) is 0 Å². The van der Waals surface area contributed by atoms with Gasteiger partial charge in [0.25, 0.3) is 10.0 Å². The van der Waals surface area contributed by atoms with Gasteiger partial charge in [-0.25, -0.2) is 18.0 Å². The predicted octanol–water partition coefficient (Wildman–Crippen LogP) is 5.73. The topological polar surface area (TPSA) is 124 Å². The van der Waals surface area contributed by atoms with Crippen molar-refractivity contribution < 1.29 is 41.4 Å². The standard InChI is InChI=1S/C26H26N2O4S.C2HF3O2/c1-18-7-10-22(11-8-18)33(31,32)27-21-9-12-25(24(17-21)26(29)30)28-15-13-20(14-16-28)23-6-4-3-5-19(23)2;3-2(4,5)1(6)7/h3-13,17,27H,14-16H2,1-2H3,(H,29,30);(H,6,7). The molecule has 3 aromatic rings. The van der Waals surface area contributed by atoms with E-state index in [1.54, 1.807) is 24.3 Å². The number of halogens is 3. The Morgan fingerprint density at radius 3 is 2.10 bits per heavy atom. The van der Waals surface area contributed by atoms with Crippen molar-refractivity contribution in [1.82, 2.24) is 0 Å². The SMILES string of the molecule is Cc1ccc(S(=O)(=O)Nc2ccc(N3CC=C(c4ccccc4C)CC3)c(C(=O)O)c2)cc1.O=C(O)C(F)(F)F. The van der Waals surface area contributed by atoms with Crippen molar-refractivity contribution in [3.05, 3.63) is 95.1 Å². The molecule has 212 valence electrons. The van der Waals surface area contributed by atoms with Gasteiger partial charge in [-0.3, -0.25) is 4.72 Å². The molecular formula is C28H27F3N2O6S. The van der Waals surface area contributed by atoms with Gasteiger partial charge in [-0.1, -0.05) is 48.0 Å². The lowest BCUT2D eigenvalue weighted by molar-refractivity contribution is -0.192. The molecule has 1 aliphatic heterocycles. The number of hydrogen-bond donors (Lipinski definition) is 3. The van der Waals surface area contributed by atoms with E-state index < -0.39 is 28.1 Å². The minimum Gasteiger partial charge on any atom is -0.478 e. The van der Waals surface area contributed by atoms with Crippen molar-refractivity contribution >= 4 is 38.9 Å². The summed E-state index contributed by atoms with van der Waals surface area (Å²) < 4.78 is 59.6. The Morgan fingerprint density at radius 1 is 0.950 bits per heavy atom. The number of hydrogen-bond acceptors (Lipinski definition) is 5. The second kappa shape index (κ2) is 12.2. The summed E-state index contributed by atoms with van der Waals surface area (Å²) in [5, 5.41) is 16.9. The first-order chi connectivity index (χ1) is 18.7. The molecule has 0 saturated heterocycles. The third kappa shape index (κ3) is 7.63. The molecule has 40 heavy (non-hydrogen) atoms. The van der Waals surface area contributed by atoms with E-state index in [-0.39, 0.29) is 16.1 Å². The highest BCUT2D eigenvalue weighted by Gasteiger charge is 2.38. The summed E-state index contributed by atoms with van der Waals surface area (Å²) in [5.41, 5.74) is 5.49. The van der Waals surface area contributed by atoms with E-state index in [9.17, 15) is 31.5 Å². The first kappa shape index (κ1) is 30.2. The second-order valence-electron chi connectivity index (χ2n) is 9.00. The van der Waals surface area contributed by atoms with Crippen LogP contribution < -0.4 is 9.62 Å². The Bertz CT molecular complexity index is 1530. The largest absolute Gasteiger partial charge is 0.490 e. The number of rotatable bonds is 6. The number of carboxylic acids is 2. The zero-order valence-electron chi connectivity index (χ0n) is 21.6. The Hall–Kier alpha value is -4.32. The smallest absolute Gasteiger partial charge is 0.478 e. The minimum atomic E-state index is -5.08. The van der Waals surface area contributed by atoms with Gasteiger partial charge < -0.3 is 15.1 Å². The van der Waals surface area contributed by atoms with E-state index in [1.165, 1.54) is 34.9 Å². The van der Waals surface area contributed by atoms with E-state index in [1.807, 2.05) is 24.0 Å². The van der Waals surface area contributed by atoms with E-state index in [0.717, 1.165) is 12.0 Å². The summed E-state index contributed by atoms with van der Waals surface area (Å²) in [4.78, 5) is 23.0. The Kier molecular flexibility index (Phi) is 9.25. The normalized spacial score (nSPS) is 13.5. The number of sulfonamides is 1. The number of alkyl halides is 3. The zero-order valence-corrected chi connectivity index (χ0v) is 22.4. The summed E-state index contributed by atoms with van der Waals surface area (Å²) in [7, 11) is -3.82. The number of nitrogens with zero attached hydrogens (tertiary/aromatic N) is 1. The fourth-order valence-corrected chi connectivity index (χ4v) is 5.09. The third-order valence-electron chi connectivity index (χ3n) is 6.09. The van der Waals surface area contributed by atoms with Crippen LogP contribution in [0.4, 0.5) is 24.5 Å². The predicted molar refractivity (Wildman–Crippen MR) is 145 cm³/mol. The molecule has 0 fully saturated rings. The van der Waals surface area contributed by atoms with Crippen LogP contribution in [0.15, 0.2) is 77.7 Å². The van der Waals surface area contributed by atoms with Crippen molar-refractivity contribution in [3.8, 4) is 0 Å². The zero-order chi connectivity index (χ0) is 29.7. The molecular weight excluding hydrogens is 549 g/mol. The lowest BCUT2D eigenvalue weighted by Gasteiger charge is -2.30. The number of carboxylic acid groups (broad SMARTS) is 2. The fourth-order valence-electron chi connectivity index (χ4n) is 4.04. The van der Waals surface area contributed by atoms with Crippen molar-refractivity contribution in [3.63, 3.8) is 0 Å². The molecule has 0 spiro atoms. The van der Waals surface area contributed by atoms with Gasteiger partial charge in [-0.05, 0) is 67.3 Å². The van der Waals surface area contributed by atoms with Crippen LogP contribution in [-0.4, -0.2) is 49.8 Å². The van der Waals surface area contributed by atoms with Crippen LogP contribution in [-0.2, 0) is 14.8 Å². The maximum atomic E-state index is 12.7. The molecule has 0 atom stereocenters. The Morgan fingerprint density at radius 2 is 1.57 bits per heavy atom. The van der Waals surface area contributed by atoms with Crippen LogP contribution in [0.5, 0.6) is 0 Å². The molecule has 0 aromatic heterocycles. The van der Waals surface area contributed by atoms with Gasteiger partial charge in [0.05, 0.1) is 16.1 Å². The van der Waals surface area contributed by atoms with Gasteiger partial charge in [0.2, 0.25) is 0 Å². The number of aryl methyl sites for hydroxylation is 2. The molecule has 3 N–H and O–H groups in total. The van der Waals surface area contributed by atoms with Crippen LogP contribution in [0.3, 0.4) is 0 Å². The number of benzene rings is 3. The van der Waals surface area contributed by atoms with Gasteiger partial charge in [-0.15, -0.1) is 0 Å². The molecule has 8 nitrogen and oxygen atoms in total. The molecule has 12 heteroatoms. The van der Waals surface area contributed by atoms with E-state index in [0.29, 0.717) is 18.8 Å². The molecule has 0 radical (unpaired) electrons. The first-order valence-corrected chi connectivity index (χ1v) is 13.4. The quantitative estimate of drug-likeness (QED) is 0.342. The summed E-state index contributed by atoms with van der Waals surface area (Å²) >= 11 is 0. The Balaban J connectivity index is 0.000000559. The van der Waals surface area contributed by atoms with Crippen LogP contribution >= 0.6 is 0 Å². The van der Waals surface area contributed by atoms with Gasteiger partial charge in [0.1, 0.15) is 0 Å². The van der Waals surface area contributed by atoms with Crippen LogP contribution in [0.25, 0.3) is 5.57 Å². The number of aromatic carboxylic acids is 1. The minimum absolute atomic E-state index is 0.0619. The van der Waals surface area contributed by atoms with Crippen LogP contribution in [0, 0.1) is 13.8 Å². The Labute approximate surface area is 229 Å². The average molecular weight is 577 g/mol. The second-order valence-corrected chi connectivity index (χ2v) is 10.7. The number of nitrogens with one attached hydrogen (secondary N) is 1. The van der Waals surface area contributed by atoms with Crippen LogP contribution in [0.2, 0.25) is 0 Å². The monoisotopic (exact) mass is 576 g/mol. The number of anilines is 2. The van der Waals surface area contributed by atoms with Crippen molar-refractivity contribution in [2.75, 3.05) is 22.7 Å². The van der Waals surface area contributed by atoms with E-state index in [2.05, 4.69) is 29.9 Å².